The minimum absolute atomic E-state index is 0.171. The van der Waals surface area contributed by atoms with E-state index in [1.807, 2.05) is 50.2 Å². The fourth-order valence-electron chi connectivity index (χ4n) is 2.96. The third-order valence-corrected chi connectivity index (χ3v) is 5.85. The predicted molar refractivity (Wildman–Crippen MR) is 129 cm³/mol. The topological polar surface area (TPSA) is 76.7 Å². The molecule has 0 aliphatic heterocycles. The monoisotopic (exact) mass is 450 g/mol. The maximum Gasteiger partial charge on any atom is 0.255 e. The fourth-order valence-corrected chi connectivity index (χ4v) is 3.89. The largest absolute Gasteiger partial charge is 0.497 e. The van der Waals surface area contributed by atoms with Gasteiger partial charge in [0.15, 0.2) is 0 Å². The minimum Gasteiger partial charge on any atom is -0.497 e. The van der Waals surface area contributed by atoms with Gasteiger partial charge in [-0.25, -0.2) is 0 Å². The van der Waals surface area contributed by atoms with E-state index in [0.717, 1.165) is 10.5 Å². The van der Waals surface area contributed by atoms with E-state index in [4.69, 9.17) is 9.47 Å². The van der Waals surface area contributed by atoms with Crippen molar-refractivity contribution in [2.75, 3.05) is 24.9 Å². The normalized spacial score (nSPS) is 11.4. The summed E-state index contributed by atoms with van der Waals surface area (Å²) in [6.07, 6.45) is 0. The molecule has 0 aromatic heterocycles. The molecule has 2 amide bonds. The number of hydrogen-bond acceptors (Lipinski definition) is 5. The molecule has 0 radical (unpaired) electrons. The van der Waals surface area contributed by atoms with Crippen LogP contribution in [-0.2, 0) is 4.79 Å². The van der Waals surface area contributed by atoms with E-state index in [2.05, 4.69) is 10.6 Å². The Kier molecular flexibility index (Phi) is 7.78. The van der Waals surface area contributed by atoms with E-state index in [9.17, 15) is 9.59 Å². The summed E-state index contributed by atoms with van der Waals surface area (Å²) in [7, 11) is 3.11. The molecule has 0 aliphatic rings. The Morgan fingerprint density at radius 2 is 1.66 bits per heavy atom. The van der Waals surface area contributed by atoms with Crippen LogP contribution in [0.1, 0.15) is 22.8 Å². The van der Waals surface area contributed by atoms with Crippen LogP contribution in [0.2, 0.25) is 0 Å². The minimum atomic E-state index is -0.381. The zero-order valence-corrected chi connectivity index (χ0v) is 19.3. The summed E-state index contributed by atoms with van der Waals surface area (Å²) >= 11 is 1.40. The van der Waals surface area contributed by atoms with Gasteiger partial charge in [-0.1, -0.05) is 23.8 Å². The number of rotatable bonds is 8. The van der Waals surface area contributed by atoms with Crippen molar-refractivity contribution in [1.82, 2.24) is 0 Å². The molecule has 0 saturated carbocycles. The number of ether oxygens (including phenoxy) is 2. The average Bonchev–Trinajstić information content (AvgIpc) is 2.79. The second kappa shape index (κ2) is 10.7. The molecule has 0 aliphatic carbocycles. The van der Waals surface area contributed by atoms with E-state index in [1.54, 1.807) is 44.6 Å². The Morgan fingerprint density at radius 1 is 0.906 bits per heavy atom. The van der Waals surface area contributed by atoms with Gasteiger partial charge in [-0.15, -0.1) is 11.8 Å². The van der Waals surface area contributed by atoms with Crippen molar-refractivity contribution in [3.63, 3.8) is 0 Å². The Labute approximate surface area is 192 Å². The molecule has 1 atom stereocenters. The highest BCUT2D eigenvalue weighted by atomic mass is 32.2. The molecule has 3 aromatic rings. The lowest BCUT2D eigenvalue weighted by molar-refractivity contribution is -0.115. The first-order valence-corrected chi connectivity index (χ1v) is 10.9. The van der Waals surface area contributed by atoms with Gasteiger partial charge < -0.3 is 20.1 Å². The first-order valence-electron chi connectivity index (χ1n) is 10.1. The summed E-state index contributed by atoms with van der Waals surface area (Å²) in [5.74, 6) is 0.828. The van der Waals surface area contributed by atoms with Gasteiger partial charge in [-0.05, 0) is 56.3 Å². The van der Waals surface area contributed by atoms with Crippen molar-refractivity contribution in [2.24, 2.45) is 0 Å². The van der Waals surface area contributed by atoms with Crippen LogP contribution in [0.4, 0.5) is 11.4 Å². The summed E-state index contributed by atoms with van der Waals surface area (Å²) in [5, 5.41) is 5.42. The van der Waals surface area contributed by atoms with Gasteiger partial charge in [0.1, 0.15) is 11.5 Å². The van der Waals surface area contributed by atoms with E-state index < -0.39 is 0 Å². The lowest BCUT2D eigenvalue weighted by Crippen LogP contribution is -2.22. The molecular weight excluding hydrogens is 424 g/mol. The predicted octanol–water partition coefficient (Wildman–Crippen LogP) is 5.38. The van der Waals surface area contributed by atoms with Gasteiger partial charge in [-0.3, -0.25) is 9.59 Å². The second-order valence-electron chi connectivity index (χ2n) is 7.16. The summed E-state index contributed by atoms with van der Waals surface area (Å²) in [5.41, 5.74) is 2.90. The Morgan fingerprint density at radius 3 is 2.34 bits per heavy atom. The number of amides is 2. The SMILES string of the molecule is COc1ccc(OC)c(NC(=O)C(C)Sc2cccc(NC(=O)c3ccc(C)cc3)c2)c1. The van der Waals surface area contributed by atoms with E-state index >= 15 is 0 Å². The van der Waals surface area contributed by atoms with Crippen LogP contribution in [-0.4, -0.2) is 31.3 Å². The highest BCUT2D eigenvalue weighted by Crippen LogP contribution is 2.31. The lowest BCUT2D eigenvalue weighted by Gasteiger charge is -2.15. The van der Waals surface area contributed by atoms with E-state index in [1.165, 1.54) is 11.8 Å². The van der Waals surface area contributed by atoms with Gasteiger partial charge in [0, 0.05) is 22.2 Å². The summed E-state index contributed by atoms with van der Waals surface area (Å²) in [6, 6.07) is 20.0. The molecule has 3 rings (SSSR count). The molecular formula is C25H26N2O4S. The van der Waals surface area contributed by atoms with Gasteiger partial charge >= 0.3 is 0 Å². The molecule has 3 aromatic carbocycles. The summed E-state index contributed by atoms with van der Waals surface area (Å²) in [4.78, 5) is 26.1. The standard InChI is InChI=1S/C25H26N2O4S/c1-16-8-10-18(11-9-16)25(29)26-19-6-5-7-21(14-19)32-17(2)24(28)27-22-15-20(30-3)12-13-23(22)31-4/h5-15,17H,1-4H3,(H,26,29)(H,27,28). The number of aryl methyl sites for hydroxylation is 1. The smallest absolute Gasteiger partial charge is 0.255 e. The van der Waals surface area contributed by atoms with Gasteiger partial charge in [0.05, 0.1) is 25.2 Å². The molecule has 0 spiro atoms. The lowest BCUT2D eigenvalue weighted by atomic mass is 10.1. The van der Waals surface area contributed by atoms with Gasteiger partial charge in [0.25, 0.3) is 5.91 Å². The van der Waals surface area contributed by atoms with Crippen LogP contribution in [0.5, 0.6) is 11.5 Å². The zero-order chi connectivity index (χ0) is 23.1. The van der Waals surface area contributed by atoms with Crippen LogP contribution < -0.4 is 20.1 Å². The number of benzene rings is 3. The number of methoxy groups -OCH3 is 2. The average molecular weight is 451 g/mol. The van der Waals surface area contributed by atoms with Crippen LogP contribution >= 0.6 is 11.8 Å². The van der Waals surface area contributed by atoms with E-state index in [0.29, 0.717) is 28.4 Å². The summed E-state index contributed by atoms with van der Waals surface area (Å²) < 4.78 is 10.6. The Bertz CT molecular complexity index is 1100. The molecule has 0 heterocycles. The molecule has 2 N–H and O–H groups in total. The van der Waals surface area contributed by atoms with Crippen molar-refractivity contribution in [2.45, 2.75) is 24.0 Å². The fraction of sp³-hybridized carbons (Fsp3) is 0.200. The highest BCUT2D eigenvalue weighted by Gasteiger charge is 2.17. The number of anilines is 2. The maximum absolute atomic E-state index is 12.8. The Hall–Kier alpha value is -3.45. The van der Waals surface area contributed by atoms with Crippen molar-refractivity contribution >= 4 is 35.0 Å². The zero-order valence-electron chi connectivity index (χ0n) is 18.5. The summed E-state index contributed by atoms with van der Waals surface area (Å²) in [6.45, 7) is 3.80. The quantitative estimate of drug-likeness (QED) is 0.451. The molecule has 0 saturated heterocycles. The molecule has 32 heavy (non-hydrogen) atoms. The number of carbonyl (C=O) groups is 2. The molecule has 6 nitrogen and oxygen atoms in total. The Balaban J connectivity index is 1.65. The van der Waals surface area contributed by atoms with Crippen molar-refractivity contribution < 1.29 is 19.1 Å². The van der Waals surface area contributed by atoms with Crippen LogP contribution in [0.15, 0.2) is 71.6 Å². The van der Waals surface area contributed by atoms with Crippen molar-refractivity contribution in [3.8, 4) is 11.5 Å². The van der Waals surface area contributed by atoms with Crippen LogP contribution in [0.25, 0.3) is 0 Å². The highest BCUT2D eigenvalue weighted by molar-refractivity contribution is 8.00. The van der Waals surface area contributed by atoms with E-state index in [-0.39, 0.29) is 17.1 Å². The first kappa shape index (κ1) is 23.2. The van der Waals surface area contributed by atoms with Crippen LogP contribution in [0, 0.1) is 6.92 Å². The third kappa shape index (κ3) is 6.04. The third-order valence-electron chi connectivity index (χ3n) is 4.75. The maximum atomic E-state index is 12.8. The van der Waals surface area contributed by atoms with Gasteiger partial charge in [0.2, 0.25) is 5.91 Å². The molecule has 7 heteroatoms. The number of thioether (sulfide) groups is 1. The molecule has 0 bridgehead atoms. The number of nitrogens with one attached hydrogen (secondary N) is 2. The van der Waals surface area contributed by atoms with Gasteiger partial charge in [-0.2, -0.15) is 0 Å². The molecule has 166 valence electrons. The molecule has 1 unspecified atom stereocenters. The number of hydrogen-bond donors (Lipinski definition) is 2. The van der Waals surface area contributed by atoms with Crippen molar-refractivity contribution in [3.05, 3.63) is 77.9 Å². The van der Waals surface area contributed by atoms with Crippen molar-refractivity contribution in [1.29, 1.82) is 0 Å². The first-order chi connectivity index (χ1) is 15.4. The van der Waals surface area contributed by atoms with Crippen LogP contribution in [0.3, 0.4) is 0 Å². The second-order valence-corrected chi connectivity index (χ2v) is 8.58. The molecule has 0 fully saturated rings. The number of carbonyl (C=O) groups excluding carboxylic acids is 2.